The van der Waals surface area contributed by atoms with Crippen LogP contribution in [0.3, 0.4) is 0 Å². The van der Waals surface area contributed by atoms with Gasteiger partial charge in [0.05, 0.1) is 6.17 Å². The second-order valence-electron chi connectivity index (χ2n) is 3.11. The second-order valence-corrected chi connectivity index (χ2v) is 3.11. The van der Waals surface area contributed by atoms with Crippen molar-refractivity contribution in [2.45, 2.75) is 32.4 Å². The lowest BCUT2D eigenvalue weighted by Gasteiger charge is -2.16. The minimum Gasteiger partial charge on any atom is -0.372 e. The molecule has 1 aliphatic carbocycles. The summed E-state index contributed by atoms with van der Waals surface area (Å²) < 4.78 is 0. The number of hydrogen-bond donors (Lipinski definition) is 2. The zero-order valence-corrected chi connectivity index (χ0v) is 7.47. The quantitative estimate of drug-likeness (QED) is 0.601. The maximum absolute atomic E-state index is 11.3. The van der Waals surface area contributed by atoms with Crippen LogP contribution in [0.25, 0.3) is 0 Å². The number of rotatable bonds is 5. The van der Waals surface area contributed by atoms with Gasteiger partial charge in [0.25, 0.3) is 0 Å². The monoisotopic (exact) mass is 168 g/mol. The molecule has 68 valence electrons. The van der Waals surface area contributed by atoms with Crippen molar-refractivity contribution in [3.8, 4) is 0 Å². The number of carbonyl (C=O) groups is 1. The van der Waals surface area contributed by atoms with Gasteiger partial charge in [-0.05, 0) is 25.5 Å². The van der Waals surface area contributed by atoms with Crippen molar-refractivity contribution in [2.75, 3.05) is 0 Å². The third-order valence-electron chi connectivity index (χ3n) is 1.99. The van der Waals surface area contributed by atoms with Gasteiger partial charge in [-0.25, -0.2) is 0 Å². The van der Waals surface area contributed by atoms with E-state index in [0.29, 0.717) is 0 Å². The molecule has 0 radical (unpaired) electrons. The van der Waals surface area contributed by atoms with Crippen LogP contribution in [0.2, 0.25) is 0 Å². The van der Waals surface area contributed by atoms with Gasteiger partial charge in [0.2, 0.25) is 5.91 Å². The maximum atomic E-state index is 11.3. The lowest BCUT2D eigenvalue weighted by Crippen LogP contribution is -2.43. The van der Waals surface area contributed by atoms with E-state index < -0.39 is 0 Å². The van der Waals surface area contributed by atoms with Crippen molar-refractivity contribution >= 4 is 5.91 Å². The Balaban J connectivity index is 2.24. The summed E-state index contributed by atoms with van der Waals surface area (Å²) in [6, 6.07) is 0. The smallest absolute Gasteiger partial charge is 0.224 e. The molecule has 1 amide bonds. The Morgan fingerprint density at radius 2 is 2.42 bits per heavy atom. The molecule has 1 saturated carbocycles. The largest absolute Gasteiger partial charge is 0.372 e. The van der Waals surface area contributed by atoms with E-state index in [1.807, 2.05) is 6.92 Å². The molecule has 0 saturated heterocycles. The minimum absolute atomic E-state index is 0.0515. The molecule has 0 heterocycles. The minimum atomic E-state index is 0.0515. The standard InChI is InChI=1S/C9H16N2O/c1-3-8(10-4-2)11-9(12)7-5-6-7/h4,7-8,10H,2-3,5-6H2,1H3,(H,11,12)/t8-/m0/s1. The highest BCUT2D eigenvalue weighted by Gasteiger charge is 2.30. The second kappa shape index (κ2) is 4.14. The number of nitrogens with one attached hydrogen (secondary N) is 2. The van der Waals surface area contributed by atoms with Crippen LogP contribution >= 0.6 is 0 Å². The molecule has 3 heteroatoms. The van der Waals surface area contributed by atoms with Crippen molar-refractivity contribution in [1.82, 2.24) is 10.6 Å². The van der Waals surface area contributed by atoms with Crippen LogP contribution in [-0.4, -0.2) is 12.1 Å². The highest BCUT2D eigenvalue weighted by atomic mass is 16.2. The van der Waals surface area contributed by atoms with Crippen LogP contribution in [0.15, 0.2) is 12.8 Å². The van der Waals surface area contributed by atoms with Crippen molar-refractivity contribution < 1.29 is 4.79 Å². The summed E-state index contributed by atoms with van der Waals surface area (Å²) in [5.41, 5.74) is 0. The molecule has 12 heavy (non-hydrogen) atoms. The third-order valence-corrected chi connectivity index (χ3v) is 1.99. The summed E-state index contributed by atoms with van der Waals surface area (Å²) in [5.74, 6) is 0.460. The van der Waals surface area contributed by atoms with Gasteiger partial charge < -0.3 is 10.6 Å². The van der Waals surface area contributed by atoms with Gasteiger partial charge in [0.15, 0.2) is 0 Å². The molecule has 0 aliphatic heterocycles. The zero-order valence-electron chi connectivity index (χ0n) is 7.47. The lowest BCUT2D eigenvalue weighted by atomic mass is 10.3. The Hall–Kier alpha value is -0.990. The van der Waals surface area contributed by atoms with Crippen LogP contribution < -0.4 is 10.6 Å². The van der Waals surface area contributed by atoms with Gasteiger partial charge in [-0.3, -0.25) is 4.79 Å². The van der Waals surface area contributed by atoms with Gasteiger partial charge in [-0.1, -0.05) is 13.5 Å². The molecule has 1 rings (SSSR count). The third kappa shape index (κ3) is 2.57. The first kappa shape index (κ1) is 9.10. The highest BCUT2D eigenvalue weighted by Crippen LogP contribution is 2.28. The molecular formula is C9H16N2O. The molecule has 0 aromatic heterocycles. The highest BCUT2D eigenvalue weighted by molar-refractivity contribution is 5.81. The Morgan fingerprint density at radius 1 is 1.75 bits per heavy atom. The van der Waals surface area contributed by atoms with Crippen LogP contribution in [0, 0.1) is 5.92 Å². The van der Waals surface area contributed by atoms with E-state index in [1.165, 1.54) is 0 Å². The van der Waals surface area contributed by atoms with E-state index in [-0.39, 0.29) is 18.0 Å². The van der Waals surface area contributed by atoms with E-state index in [4.69, 9.17) is 0 Å². The Morgan fingerprint density at radius 3 is 2.83 bits per heavy atom. The van der Waals surface area contributed by atoms with Crippen molar-refractivity contribution in [1.29, 1.82) is 0 Å². The summed E-state index contributed by atoms with van der Waals surface area (Å²) >= 11 is 0. The van der Waals surface area contributed by atoms with Crippen LogP contribution in [0.1, 0.15) is 26.2 Å². The summed E-state index contributed by atoms with van der Waals surface area (Å²) in [4.78, 5) is 11.3. The Kier molecular flexibility index (Phi) is 3.14. The Labute approximate surface area is 73.2 Å². The summed E-state index contributed by atoms with van der Waals surface area (Å²) in [5, 5.41) is 5.89. The number of carbonyl (C=O) groups excluding carboxylic acids is 1. The molecule has 0 unspecified atom stereocenters. The molecule has 0 aromatic carbocycles. The van der Waals surface area contributed by atoms with Crippen LogP contribution in [-0.2, 0) is 4.79 Å². The fourth-order valence-electron chi connectivity index (χ4n) is 1.04. The average Bonchev–Trinajstić information content (AvgIpc) is 2.85. The molecular weight excluding hydrogens is 152 g/mol. The first-order valence-corrected chi connectivity index (χ1v) is 4.45. The zero-order chi connectivity index (χ0) is 8.97. The van der Waals surface area contributed by atoms with E-state index in [9.17, 15) is 4.79 Å². The molecule has 1 aliphatic rings. The maximum Gasteiger partial charge on any atom is 0.224 e. The first-order chi connectivity index (χ1) is 5.77. The lowest BCUT2D eigenvalue weighted by molar-refractivity contribution is -0.123. The van der Waals surface area contributed by atoms with Crippen molar-refractivity contribution in [3.63, 3.8) is 0 Å². The molecule has 0 bridgehead atoms. The molecule has 1 atom stereocenters. The van der Waals surface area contributed by atoms with Gasteiger partial charge in [0, 0.05) is 5.92 Å². The fraction of sp³-hybridized carbons (Fsp3) is 0.667. The SMILES string of the molecule is C=CN[C@H](CC)NC(=O)C1CC1. The topological polar surface area (TPSA) is 41.1 Å². The van der Waals surface area contributed by atoms with Crippen molar-refractivity contribution in [3.05, 3.63) is 12.8 Å². The Bertz CT molecular complexity index is 175. The first-order valence-electron chi connectivity index (χ1n) is 4.45. The van der Waals surface area contributed by atoms with Gasteiger partial charge >= 0.3 is 0 Å². The molecule has 0 spiro atoms. The normalized spacial score (nSPS) is 18.1. The van der Waals surface area contributed by atoms with Gasteiger partial charge in [0.1, 0.15) is 0 Å². The molecule has 2 N–H and O–H groups in total. The predicted molar refractivity (Wildman–Crippen MR) is 48.3 cm³/mol. The van der Waals surface area contributed by atoms with Crippen molar-refractivity contribution in [2.24, 2.45) is 5.92 Å². The summed E-state index contributed by atoms with van der Waals surface area (Å²) in [6.45, 7) is 5.58. The van der Waals surface area contributed by atoms with Gasteiger partial charge in [-0.2, -0.15) is 0 Å². The summed E-state index contributed by atoms with van der Waals surface area (Å²) in [6.07, 6.45) is 4.65. The van der Waals surface area contributed by atoms with E-state index in [2.05, 4.69) is 17.2 Å². The number of amides is 1. The van der Waals surface area contributed by atoms with E-state index >= 15 is 0 Å². The van der Waals surface area contributed by atoms with Crippen LogP contribution in [0.4, 0.5) is 0 Å². The van der Waals surface area contributed by atoms with E-state index in [1.54, 1.807) is 6.20 Å². The molecule has 0 aromatic rings. The van der Waals surface area contributed by atoms with Crippen LogP contribution in [0.5, 0.6) is 0 Å². The predicted octanol–water partition coefficient (Wildman–Crippen LogP) is 0.982. The fourth-order valence-corrected chi connectivity index (χ4v) is 1.04. The van der Waals surface area contributed by atoms with Gasteiger partial charge in [-0.15, -0.1) is 0 Å². The van der Waals surface area contributed by atoms with E-state index in [0.717, 1.165) is 19.3 Å². The average molecular weight is 168 g/mol. The number of hydrogen-bond acceptors (Lipinski definition) is 2. The molecule has 1 fully saturated rings. The summed E-state index contributed by atoms with van der Waals surface area (Å²) in [7, 11) is 0. The molecule has 3 nitrogen and oxygen atoms in total.